The van der Waals surface area contributed by atoms with Gasteiger partial charge in [0.2, 0.25) is 0 Å². The van der Waals surface area contributed by atoms with Crippen LogP contribution in [0.15, 0.2) is 12.2 Å². The van der Waals surface area contributed by atoms with Gasteiger partial charge in [0.05, 0.1) is 25.6 Å². The van der Waals surface area contributed by atoms with E-state index >= 15 is 0 Å². The highest BCUT2D eigenvalue weighted by Gasteiger charge is 2.24. The lowest BCUT2D eigenvalue weighted by Gasteiger charge is -2.16. The van der Waals surface area contributed by atoms with E-state index in [0.717, 1.165) is 44.9 Å². The average molecular weight is 747 g/mol. The van der Waals surface area contributed by atoms with Gasteiger partial charge in [0, 0.05) is 0 Å². The van der Waals surface area contributed by atoms with E-state index in [1.807, 2.05) is 0 Å². The summed E-state index contributed by atoms with van der Waals surface area (Å²) in [5, 5.41) is 0. The van der Waals surface area contributed by atoms with E-state index in [4.69, 9.17) is 9.47 Å². The van der Waals surface area contributed by atoms with Gasteiger partial charge in [-0.25, -0.2) is 0 Å². The van der Waals surface area contributed by atoms with Gasteiger partial charge in [-0.2, -0.15) is 0 Å². The van der Waals surface area contributed by atoms with Crippen LogP contribution in [0.2, 0.25) is 0 Å². The highest BCUT2D eigenvalue weighted by Crippen LogP contribution is 2.20. The molecule has 53 heavy (non-hydrogen) atoms. The first-order valence-corrected chi connectivity index (χ1v) is 24.1. The minimum absolute atomic E-state index is 0.172. The maximum atomic E-state index is 13.1. The Balaban J connectivity index is 4.15. The quantitative estimate of drug-likeness (QED) is 0.0354. The fraction of sp³-hybridized carbons (Fsp3) is 0.918. The van der Waals surface area contributed by atoms with Crippen molar-refractivity contribution in [2.75, 3.05) is 13.2 Å². The second-order valence-corrected chi connectivity index (χ2v) is 16.5. The monoisotopic (exact) mass is 747 g/mol. The summed E-state index contributed by atoms with van der Waals surface area (Å²) in [5.41, 5.74) is 0. The van der Waals surface area contributed by atoms with Crippen molar-refractivity contribution in [2.45, 2.75) is 271 Å². The third-order valence-electron chi connectivity index (χ3n) is 11.2. The average Bonchev–Trinajstić information content (AvgIpc) is 3.16. The number of unbranched alkanes of at least 4 members (excludes halogenated alkanes) is 34. The zero-order valence-electron chi connectivity index (χ0n) is 36.4. The van der Waals surface area contributed by atoms with Gasteiger partial charge >= 0.3 is 11.9 Å². The van der Waals surface area contributed by atoms with Gasteiger partial charge in [0.1, 0.15) is 0 Å². The van der Waals surface area contributed by atoms with Crippen molar-refractivity contribution < 1.29 is 19.1 Å². The molecule has 0 rings (SSSR count). The summed E-state index contributed by atoms with van der Waals surface area (Å²) in [7, 11) is 0. The van der Waals surface area contributed by atoms with Crippen molar-refractivity contribution in [3.05, 3.63) is 12.2 Å². The number of allylic oxidation sites excluding steroid dienone is 2. The highest BCUT2D eigenvalue weighted by atomic mass is 16.5. The van der Waals surface area contributed by atoms with Crippen molar-refractivity contribution in [2.24, 2.45) is 5.92 Å². The second kappa shape index (κ2) is 45.1. The fourth-order valence-corrected chi connectivity index (χ4v) is 7.51. The van der Waals surface area contributed by atoms with E-state index in [1.54, 1.807) is 0 Å². The summed E-state index contributed by atoms with van der Waals surface area (Å²) in [6.45, 7) is 7.61. The predicted octanol–water partition coefficient (Wildman–Crippen LogP) is 16.5. The summed E-state index contributed by atoms with van der Waals surface area (Å²) in [5.74, 6) is -0.768. The van der Waals surface area contributed by atoms with Gasteiger partial charge in [-0.1, -0.05) is 238 Å². The normalized spacial score (nSPS) is 12.1. The molecule has 4 heteroatoms. The van der Waals surface area contributed by atoms with Crippen molar-refractivity contribution in [1.82, 2.24) is 0 Å². The molecular weight excluding hydrogens is 653 g/mol. The van der Waals surface area contributed by atoms with Gasteiger partial charge in [-0.3, -0.25) is 9.59 Å². The van der Waals surface area contributed by atoms with Gasteiger partial charge in [-0.05, 0) is 39.0 Å². The van der Waals surface area contributed by atoms with Crippen molar-refractivity contribution in [1.29, 1.82) is 0 Å². The number of ether oxygens (including phenoxy) is 2. The Morgan fingerprint density at radius 3 is 1.11 bits per heavy atom. The van der Waals surface area contributed by atoms with Crippen LogP contribution in [0.25, 0.3) is 0 Å². The lowest BCUT2D eigenvalue weighted by molar-refractivity contribution is -0.155. The molecule has 0 fully saturated rings. The minimum atomic E-state index is -0.360. The molecule has 0 saturated carbocycles. The number of hydrogen-bond donors (Lipinski definition) is 0. The molecule has 0 radical (unpaired) electrons. The molecule has 0 spiro atoms. The second-order valence-electron chi connectivity index (χ2n) is 16.5. The minimum Gasteiger partial charge on any atom is -0.466 e. The first kappa shape index (κ1) is 51.7. The summed E-state index contributed by atoms with van der Waals surface area (Å²) >= 11 is 0. The fourth-order valence-electron chi connectivity index (χ4n) is 7.51. The number of rotatable bonds is 44. The molecule has 314 valence electrons. The Hall–Kier alpha value is -1.32. The topological polar surface area (TPSA) is 52.6 Å². The van der Waals surface area contributed by atoms with Gasteiger partial charge in [0.25, 0.3) is 0 Å². The zero-order valence-corrected chi connectivity index (χ0v) is 36.4. The van der Waals surface area contributed by atoms with Crippen molar-refractivity contribution >= 4 is 11.9 Å². The molecule has 4 nitrogen and oxygen atoms in total. The molecule has 0 aromatic rings. The summed E-state index contributed by atoms with van der Waals surface area (Å²) in [6, 6.07) is 0. The largest absolute Gasteiger partial charge is 0.466 e. The number of carbonyl (C=O) groups excluding carboxylic acids is 2. The Morgan fingerprint density at radius 2 is 0.736 bits per heavy atom. The van der Waals surface area contributed by atoms with Crippen LogP contribution in [0.1, 0.15) is 271 Å². The van der Waals surface area contributed by atoms with Crippen LogP contribution in [0.5, 0.6) is 0 Å². The van der Waals surface area contributed by atoms with Crippen molar-refractivity contribution in [3.63, 3.8) is 0 Å². The van der Waals surface area contributed by atoms with Crippen LogP contribution in [0.3, 0.4) is 0 Å². The van der Waals surface area contributed by atoms with Gasteiger partial charge in [-0.15, -0.1) is 0 Å². The van der Waals surface area contributed by atoms with E-state index in [1.165, 1.54) is 199 Å². The molecule has 0 aliphatic heterocycles. The molecule has 0 aromatic carbocycles. The van der Waals surface area contributed by atoms with Crippen LogP contribution in [0.4, 0.5) is 0 Å². The maximum Gasteiger partial charge on any atom is 0.309 e. The Morgan fingerprint density at radius 1 is 0.415 bits per heavy atom. The molecule has 1 atom stereocenters. The third kappa shape index (κ3) is 41.7. The van der Waals surface area contributed by atoms with Gasteiger partial charge in [0.15, 0.2) is 0 Å². The molecule has 0 N–H and O–H groups in total. The molecule has 0 heterocycles. The number of hydrogen-bond acceptors (Lipinski definition) is 4. The van der Waals surface area contributed by atoms with E-state index in [0.29, 0.717) is 13.2 Å². The van der Waals surface area contributed by atoms with Crippen LogP contribution in [0, 0.1) is 5.92 Å². The van der Waals surface area contributed by atoms with Crippen molar-refractivity contribution in [3.8, 4) is 0 Å². The molecule has 0 aromatic heterocycles. The molecule has 1 unspecified atom stereocenters. The first-order chi connectivity index (χ1) is 26.2. The Kier molecular flexibility index (Phi) is 43.9. The predicted molar refractivity (Wildman–Crippen MR) is 232 cm³/mol. The van der Waals surface area contributed by atoms with Crippen LogP contribution in [-0.4, -0.2) is 25.2 Å². The van der Waals surface area contributed by atoms with Gasteiger partial charge < -0.3 is 9.47 Å². The standard InChI is InChI=1S/C49H94O4/c1-4-7-10-13-16-19-22-23-24-25-26-27-28-29-30-31-34-37-40-43-47(49(51)53-45-42-39-36-33-21-18-15-12-9-6-3)46-48(50)52-44-41-38-35-32-20-17-14-11-8-5-2/h4,7,47H,5-6,8-46H2,1-3H3/b7-4+. The van der Waals surface area contributed by atoms with E-state index < -0.39 is 0 Å². The number of esters is 2. The SMILES string of the molecule is C/C=C/CCCCCCCCCCCCCCCCCCC(CC(=O)OCCCCCCCCCCCC)C(=O)OCCCCCCCCCCCC. The lowest BCUT2D eigenvalue weighted by atomic mass is 9.97. The lowest BCUT2D eigenvalue weighted by Crippen LogP contribution is -2.23. The molecular formula is C49H94O4. The van der Waals surface area contributed by atoms with Crippen LogP contribution < -0.4 is 0 Å². The Bertz CT molecular complexity index is 762. The third-order valence-corrected chi connectivity index (χ3v) is 11.2. The summed E-state index contributed by atoms with van der Waals surface area (Å²) < 4.78 is 11.3. The molecule has 0 saturated heterocycles. The molecule has 0 bridgehead atoms. The summed E-state index contributed by atoms with van der Waals surface area (Å²) in [6.07, 6.45) is 53.2. The Labute approximate surface area is 332 Å². The smallest absolute Gasteiger partial charge is 0.309 e. The zero-order chi connectivity index (χ0) is 38.6. The highest BCUT2D eigenvalue weighted by molar-refractivity contribution is 5.79. The first-order valence-electron chi connectivity index (χ1n) is 24.1. The summed E-state index contributed by atoms with van der Waals surface area (Å²) in [4.78, 5) is 25.8. The van der Waals surface area contributed by atoms with E-state index in [2.05, 4.69) is 32.9 Å². The number of carbonyl (C=O) groups is 2. The molecule has 0 aliphatic rings. The van der Waals surface area contributed by atoms with E-state index in [9.17, 15) is 9.59 Å². The maximum absolute atomic E-state index is 13.1. The van der Waals surface area contributed by atoms with Crippen LogP contribution >= 0.6 is 0 Å². The van der Waals surface area contributed by atoms with E-state index in [-0.39, 0.29) is 24.3 Å². The van der Waals surface area contributed by atoms with Crippen LogP contribution in [-0.2, 0) is 19.1 Å². The molecule has 0 aliphatic carbocycles. The molecule has 0 amide bonds.